The van der Waals surface area contributed by atoms with Crippen LogP contribution in [0.15, 0.2) is 0 Å². The van der Waals surface area contributed by atoms with Gasteiger partial charge in [-0.05, 0) is 19.2 Å². The van der Waals surface area contributed by atoms with Gasteiger partial charge in [0, 0.05) is 20.2 Å². The Kier molecular flexibility index (Phi) is 7.96. The van der Waals surface area contributed by atoms with E-state index in [9.17, 15) is 0 Å². The van der Waals surface area contributed by atoms with E-state index in [1.807, 2.05) is 0 Å². The van der Waals surface area contributed by atoms with E-state index < -0.39 is 0 Å². The monoisotopic (exact) mass is 195 g/mol. The van der Waals surface area contributed by atoms with Crippen molar-refractivity contribution in [3.8, 4) is 0 Å². The van der Waals surface area contributed by atoms with Crippen LogP contribution in [0, 0.1) is 0 Å². The van der Waals surface area contributed by atoms with Crippen LogP contribution in [0.25, 0.3) is 0 Å². The second-order valence-electron chi connectivity index (χ2n) is 2.45. The molecule has 0 aromatic carbocycles. The Morgan fingerprint density at radius 3 is 2.00 bits per heavy atom. The molecule has 0 aromatic heterocycles. The zero-order chi connectivity index (χ0) is 8.69. The minimum absolute atomic E-state index is 0.246. The molecule has 0 N–H and O–H groups in total. The van der Waals surface area contributed by atoms with Crippen molar-refractivity contribution in [2.24, 2.45) is 0 Å². The summed E-state index contributed by atoms with van der Waals surface area (Å²) in [5, 5.41) is 0. The van der Waals surface area contributed by atoms with Gasteiger partial charge < -0.3 is 4.74 Å². The van der Waals surface area contributed by atoms with Crippen LogP contribution in [0.5, 0.6) is 0 Å². The summed E-state index contributed by atoms with van der Waals surface area (Å²) >= 11 is 0. The zero-order valence-electron chi connectivity index (χ0n) is 7.42. The average molecular weight is 195 g/mol. The second-order valence-corrected chi connectivity index (χ2v) is 3.60. The maximum Gasteiger partial charge on any atom is 0.107 e. The number of hydrogen-bond acceptors (Lipinski definition) is 2. The molecule has 4 heteroatoms. The van der Waals surface area contributed by atoms with Gasteiger partial charge in [-0.1, -0.05) is 0 Å². The fourth-order valence-electron chi connectivity index (χ4n) is 0.956. The number of methoxy groups -OCH3 is 1. The predicted octanol–water partition coefficient (Wildman–Crippen LogP) is 1.03. The van der Waals surface area contributed by atoms with E-state index in [2.05, 4.69) is 30.3 Å². The number of ether oxygens (including phenoxy) is 1. The molecular weight excluding hydrogens is 176 g/mol. The largest absolute Gasteiger partial charge is 0.367 e. The topological polar surface area (TPSA) is 12.5 Å². The van der Waals surface area contributed by atoms with Gasteiger partial charge in [-0.15, -0.1) is 18.5 Å². The van der Waals surface area contributed by atoms with E-state index in [-0.39, 0.29) is 6.23 Å². The minimum atomic E-state index is 0.246. The van der Waals surface area contributed by atoms with Gasteiger partial charge >= 0.3 is 0 Å². The van der Waals surface area contributed by atoms with E-state index >= 15 is 0 Å². The third-order valence-corrected chi connectivity index (χ3v) is 2.20. The Morgan fingerprint density at radius 2 is 1.73 bits per heavy atom. The Bertz CT molecular complexity index is 86.5. The Hall–Kier alpha value is 0.780. The van der Waals surface area contributed by atoms with Crippen molar-refractivity contribution in [1.29, 1.82) is 0 Å². The fraction of sp³-hybridized carbons (Fsp3) is 1.00. The lowest BCUT2D eigenvalue weighted by atomic mass is 10.4. The third kappa shape index (κ3) is 5.09. The third-order valence-electron chi connectivity index (χ3n) is 1.69. The molecule has 2 nitrogen and oxygen atoms in total. The number of hydrogen-bond donors (Lipinski definition) is 0. The molecule has 3 atom stereocenters. The van der Waals surface area contributed by atoms with E-state index in [0.29, 0.717) is 0 Å². The van der Waals surface area contributed by atoms with E-state index in [0.717, 1.165) is 25.4 Å². The number of nitrogens with zero attached hydrogens (tertiary/aromatic N) is 1. The second kappa shape index (κ2) is 7.43. The van der Waals surface area contributed by atoms with Gasteiger partial charge in [0.2, 0.25) is 0 Å². The molecule has 0 rings (SSSR count). The standard InChI is InChI=1S/C7H19NOP2/c1-7(9-2)8(3-5-10)4-6-11/h7H,3-6,10-11H2,1-2H3. The first-order valence-corrected chi connectivity index (χ1v) is 5.56. The molecule has 3 unspecified atom stereocenters. The summed E-state index contributed by atoms with van der Waals surface area (Å²) in [4.78, 5) is 2.32. The molecule has 0 amide bonds. The molecule has 0 aliphatic rings. The highest BCUT2D eigenvalue weighted by molar-refractivity contribution is 7.16. The van der Waals surface area contributed by atoms with Crippen molar-refractivity contribution < 1.29 is 4.74 Å². The van der Waals surface area contributed by atoms with Crippen molar-refractivity contribution >= 4 is 18.5 Å². The lowest BCUT2D eigenvalue weighted by Crippen LogP contribution is -2.37. The Balaban J connectivity index is 3.66. The summed E-state index contributed by atoms with van der Waals surface area (Å²) in [5.74, 6) is 0. The molecule has 0 aromatic rings. The van der Waals surface area contributed by atoms with Crippen molar-refractivity contribution in [2.45, 2.75) is 13.2 Å². The summed E-state index contributed by atoms with van der Waals surface area (Å²) in [6.45, 7) is 4.27. The first-order valence-electron chi connectivity index (χ1n) is 3.93. The normalized spacial score (nSPS) is 13.9. The molecule has 0 bridgehead atoms. The summed E-state index contributed by atoms with van der Waals surface area (Å²) in [7, 11) is 7.22. The minimum Gasteiger partial charge on any atom is -0.367 e. The van der Waals surface area contributed by atoms with Crippen molar-refractivity contribution in [3.63, 3.8) is 0 Å². The van der Waals surface area contributed by atoms with Crippen LogP contribution in [0.4, 0.5) is 0 Å². The van der Waals surface area contributed by atoms with E-state index in [1.54, 1.807) is 7.11 Å². The molecule has 0 heterocycles. The highest BCUT2D eigenvalue weighted by Crippen LogP contribution is 2.01. The highest BCUT2D eigenvalue weighted by atomic mass is 31.0. The molecule has 0 aliphatic heterocycles. The van der Waals surface area contributed by atoms with E-state index in [1.165, 1.54) is 0 Å². The lowest BCUT2D eigenvalue weighted by molar-refractivity contribution is -0.0116. The van der Waals surface area contributed by atoms with Crippen molar-refractivity contribution in [1.82, 2.24) is 4.90 Å². The first kappa shape index (κ1) is 11.8. The maximum atomic E-state index is 5.22. The van der Waals surface area contributed by atoms with Gasteiger partial charge in [0.05, 0.1) is 0 Å². The molecule has 0 radical (unpaired) electrons. The summed E-state index contributed by atoms with van der Waals surface area (Å²) in [5.41, 5.74) is 0. The fourth-order valence-corrected chi connectivity index (χ4v) is 1.62. The average Bonchev–Trinajstić information content (AvgIpc) is 2.03. The molecule has 0 fully saturated rings. The lowest BCUT2D eigenvalue weighted by Gasteiger charge is -2.26. The predicted molar refractivity (Wildman–Crippen MR) is 57.2 cm³/mol. The molecule has 0 saturated carbocycles. The van der Waals surface area contributed by atoms with Crippen molar-refractivity contribution in [2.75, 3.05) is 32.5 Å². The zero-order valence-corrected chi connectivity index (χ0v) is 9.73. The van der Waals surface area contributed by atoms with Crippen LogP contribution in [0.1, 0.15) is 6.92 Å². The highest BCUT2D eigenvalue weighted by Gasteiger charge is 2.09. The van der Waals surface area contributed by atoms with Crippen LogP contribution < -0.4 is 0 Å². The number of rotatable bonds is 6. The Labute approximate surface area is 74.5 Å². The van der Waals surface area contributed by atoms with Crippen LogP contribution in [-0.4, -0.2) is 43.7 Å². The van der Waals surface area contributed by atoms with Gasteiger partial charge in [-0.25, -0.2) is 0 Å². The molecule has 0 aliphatic carbocycles. The summed E-state index contributed by atoms with van der Waals surface area (Å²) in [6, 6.07) is 0. The van der Waals surface area contributed by atoms with E-state index in [4.69, 9.17) is 4.74 Å². The maximum absolute atomic E-state index is 5.22. The molecule has 0 spiro atoms. The summed E-state index contributed by atoms with van der Waals surface area (Å²) in [6.07, 6.45) is 2.47. The van der Waals surface area contributed by atoms with Crippen LogP contribution in [0.3, 0.4) is 0 Å². The van der Waals surface area contributed by atoms with Gasteiger partial charge in [0.15, 0.2) is 0 Å². The summed E-state index contributed by atoms with van der Waals surface area (Å²) < 4.78 is 5.22. The Morgan fingerprint density at radius 1 is 1.27 bits per heavy atom. The quantitative estimate of drug-likeness (QED) is 0.463. The van der Waals surface area contributed by atoms with Gasteiger partial charge in [-0.3, -0.25) is 4.90 Å². The van der Waals surface area contributed by atoms with Gasteiger partial charge in [0.1, 0.15) is 6.23 Å². The van der Waals surface area contributed by atoms with Crippen molar-refractivity contribution in [3.05, 3.63) is 0 Å². The van der Waals surface area contributed by atoms with Gasteiger partial charge in [-0.2, -0.15) is 0 Å². The van der Waals surface area contributed by atoms with Crippen LogP contribution >= 0.6 is 18.5 Å². The van der Waals surface area contributed by atoms with Crippen LogP contribution in [0.2, 0.25) is 0 Å². The molecule has 11 heavy (non-hydrogen) atoms. The van der Waals surface area contributed by atoms with Crippen LogP contribution in [-0.2, 0) is 4.74 Å². The van der Waals surface area contributed by atoms with Gasteiger partial charge in [0.25, 0.3) is 0 Å². The SMILES string of the molecule is COC(C)N(CCP)CCP. The smallest absolute Gasteiger partial charge is 0.107 e. The molecule has 68 valence electrons. The molecule has 0 saturated heterocycles. The molecular formula is C7H19NOP2. The first-order chi connectivity index (χ1) is 5.26.